The zero-order chi connectivity index (χ0) is 15.2. The van der Waals surface area contributed by atoms with E-state index >= 15 is 0 Å². The molecule has 2 aromatic rings. The van der Waals surface area contributed by atoms with Crippen molar-refractivity contribution in [1.29, 1.82) is 0 Å². The molecule has 6 nitrogen and oxygen atoms in total. The van der Waals surface area contributed by atoms with E-state index < -0.39 is 0 Å². The largest absolute Gasteiger partial charge is 0.382 e. The Kier molecular flexibility index (Phi) is 4.71. The topological polar surface area (TPSA) is 71.3 Å². The first-order chi connectivity index (χ1) is 10.2. The first-order valence-corrected chi connectivity index (χ1v) is 6.77. The molecule has 0 atom stereocenters. The second kappa shape index (κ2) is 6.69. The molecule has 0 amide bonds. The van der Waals surface area contributed by atoms with Gasteiger partial charge in [0.05, 0.1) is 17.2 Å². The SMILES string of the molecule is CCN(Cc1ccccn1)c1cccc(NC)c1[N+](=O)[O-]. The minimum Gasteiger partial charge on any atom is -0.382 e. The van der Waals surface area contributed by atoms with E-state index in [-0.39, 0.29) is 10.6 Å². The van der Waals surface area contributed by atoms with Crippen LogP contribution in [0.25, 0.3) is 0 Å². The van der Waals surface area contributed by atoms with E-state index in [1.165, 1.54) is 0 Å². The lowest BCUT2D eigenvalue weighted by Crippen LogP contribution is -2.23. The van der Waals surface area contributed by atoms with E-state index in [2.05, 4.69) is 10.3 Å². The molecule has 0 aliphatic carbocycles. The van der Waals surface area contributed by atoms with Gasteiger partial charge < -0.3 is 10.2 Å². The maximum absolute atomic E-state index is 11.4. The summed E-state index contributed by atoms with van der Waals surface area (Å²) in [7, 11) is 1.68. The van der Waals surface area contributed by atoms with Crippen LogP contribution in [0.1, 0.15) is 12.6 Å². The highest BCUT2D eigenvalue weighted by molar-refractivity contribution is 5.76. The van der Waals surface area contributed by atoms with Gasteiger partial charge in [0.25, 0.3) is 0 Å². The minimum absolute atomic E-state index is 0.0952. The van der Waals surface area contributed by atoms with E-state index in [0.29, 0.717) is 24.5 Å². The van der Waals surface area contributed by atoms with Gasteiger partial charge in [-0.25, -0.2) is 0 Å². The molecule has 1 N–H and O–H groups in total. The van der Waals surface area contributed by atoms with Gasteiger partial charge in [-0.2, -0.15) is 0 Å². The number of aromatic nitrogens is 1. The third-order valence-electron chi connectivity index (χ3n) is 3.27. The van der Waals surface area contributed by atoms with Crippen LogP contribution in [-0.2, 0) is 6.54 Å². The van der Waals surface area contributed by atoms with Crippen LogP contribution in [0.3, 0.4) is 0 Å². The van der Waals surface area contributed by atoms with E-state index in [4.69, 9.17) is 0 Å². The summed E-state index contributed by atoms with van der Waals surface area (Å²) in [5, 5.41) is 14.3. The quantitative estimate of drug-likeness (QED) is 0.652. The number of anilines is 2. The highest BCUT2D eigenvalue weighted by Crippen LogP contribution is 2.35. The standard InChI is InChI=1S/C15H18N4O2/c1-3-18(11-12-7-4-5-10-17-12)14-9-6-8-13(16-2)15(14)19(20)21/h4-10,16H,3,11H2,1-2H3. The highest BCUT2D eigenvalue weighted by Gasteiger charge is 2.22. The molecule has 1 heterocycles. The van der Waals surface area contributed by atoms with Crippen molar-refractivity contribution in [3.63, 3.8) is 0 Å². The fourth-order valence-corrected chi connectivity index (χ4v) is 2.23. The van der Waals surface area contributed by atoms with Gasteiger partial charge in [-0.3, -0.25) is 15.1 Å². The van der Waals surface area contributed by atoms with Gasteiger partial charge >= 0.3 is 5.69 Å². The fraction of sp³-hybridized carbons (Fsp3) is 0.267. The Morgan fingerprint density at radius 2 is 2.10 bits per heavy atom. The predicted octanol–water partition coefficient (Wildman–Crippen LogP) is 3.06. The van der Waals surface area contributed by atoms with Crippen molar-refractivity contribution in [3.05, 3.63) is 58.4 Å². The van der Waals surface area contributed by atoms with Crippen molar-refractivity contribution >= 4 is 17.1 Å². The van der Waals surface area contributed by atoms with Crippen molar-refractivity contribution < 1.29 is 4.92 Å². The van der Waals surface area contributed by atoms with Crippen molar-refractivity contribution in [2.75, 3.05) is 23.8 Å². The number of nitrogens with one attached hydrogen (secondary N) is 1. The third kappa shape index (κ3) is 3.28. The second-order valence-electron chi connectivity index (χ2n) is 4.52. The van der Waals surface area contributed by atoms with Crippen LogP contribution in [0, 0.1) is 10.1 Å². The third-order valence-corrected chi connectivity index (χ3v) is 3.27. The van der Waals surface area contributed by atoms with Crippen LogP contribution in [0.5, 0.6) is 0 Å². The molecule has 1 aromatic carbocycles. The lowest BCUT2D eigenvalue weighted by Gasteiger charge is -2.23. The smallest absolute Gasteiger partial charge is 0.315 e. The fourth-order valence-electron chi connectivity index (χ4n) is 2.23. The normalized spacial score (nSPS) is 10.2. The van der Waals surface area contributed by atoms with Crippen LogP contribution < -0.4 is 10.2 Å². The molecule has 0 saturated heterocycles. The van der Waals surface area contributed by atoms with Gasteiger partial charge in [-0.1, -0.05) is 12.1 Å². The molecule has 0 aliphatic heterocycles. The van der Waals surface area contributed by atoms with Crippen LogP contribution in [0.15, 0.2) is 42.6 Å². The molecule has 1 aromatic heterocycles. The summed E-state index contributed by atoms with van der Waals surface area (Å²) in [5.41, 5.74) is 2.08. The Labute approximate surface area is 123 Å². The van der Waals surface area contributed by atoms with Gasteiger partial charge in [0.1, 0.15) is 11.4 Å². The number of nitro benzene ring substituents is 1. The Hall–Kier alpha value is -2.63. The van der Waals surface area contributed by atoms with Crippen LogP contribution in [0.4, 0.5) is 17.1 Å². The Morgan fingerprint density at radius 1 is 1.29 bits per heavy atom. The maximum atomic E-state index is 11.4. The number of hydrogen-bond donors (Lipinski definition) is 1. The van der Waals surface area contributed by atoms with Gasteiger partial charge in [-0.05, 0) is 31.2 Å². The van der Waals surface area contributed by atoms with Crippen LogP contribution in [-0.4, -0.2) is 23.5 Å². The number of nitro groups is 1. The number of hydrogen-bond acceptors (Lipinski definition) is 5. The van der Waals surface area contributed by atoms with Crippen LogP contribution in [0.2, 0.25) is 0 Å². The van der Waals surface area contributed by atoms with Crippen molar-refractivity contribution in [1.82, 2.24) is 4.98 Å². The molecule has 0 fully saturated rings. The molecule has 0 aliphatic rings. The van der Waals surface area contributed by atoms with E-state index in [0.717, 1.165) is 5.69 Å². The Balaban J connectivity index is 2.40. The highest BCUT2D eigenvalue weighted by atomic mass is 16.6. The first-order valence-electron chi connectivity index (χ1n) is 6.77. The molecule has 0 saturated carbocycles. The average molecular weight is 286 g/mol. The maximum Gasteiger partial charge on any atom is 0.315 e. The summed E-state index contributed by atoms with van der Waals surface area (Å²) in [4.78, 5) is 17.3. The van der Waals surface area contributed by atoms with E-state index in [1.807, 2.05) is 36.1 Å². The van der Waals surface area contributed by atoms with Gasteiger partial charge in [0.15, 0.2) is 0 Å². The molecule has 0 unspecified atom stereocenters. The zero-order valence-electron chi connectivity index (χ0n) is 12.1. The number of para-hydroxylation sites is 1. The second-order valence-corrected chi connectivity index (χ2v) is 4.52. The zero-order valence-corrected chi connectivity index (χ0v) is 12.1. The molecule has 0 spiro atoms. The summed E-state index contributed by atoms with van der Waals surface area (Å²) in [6.45, 7) is 3.16. The minimum atomic E-state index is -0.345. The molecule has 21 heavy (non-hydrogen) atoms. The monoisotopic (exact) mass is 286 g/mol. The average Bonchev–Trinajstić information content (AvgIpc) is 2.52. The lowest BCUT2D eigenvalue weighted by molar-refractivity contribution is -0.383. The molecule has 2 rings (SSSR count). The number of benzene rings is 1. The molecule has 110 valence electrons. The van der Waals surface area contributed by atoms with Crippen LogP contribution >= 0.6 is 0 Å². The summed E-state index contributed by atoms with van der Waals surface area (Å²) >= 11 is 0. The van der Waals surface area contributed by atoms with Crippen molar-refractivity contribution in [2.24, 2.45) is 0 Å². The van der Waals surface area contributed by atoms with E-state index in [1.54, 1.807) is 25.4 Å². The lowest BCUT2D eigenvalue weighted by atomic mass is 10.2. The summed E-state index contributed by atoms with van der Waals surface area (Å²) in [6, 6.07) is 11.0. The molecule has 0 bridgehead atoms. The molecule has 6 heteroatoms. The Morgan fingerprint density at radius 3 is 2.67 bits per heavy atom. The molecular weight excluding hydrogens is 268 g/mol. The summed E-state index contributed by atoms with van der Waals surface area (Å²) in [5.74, 6) is 0. The van der Waals surface area contributed by atoms with Gasteiger partial charge in [-0.15, -0.1) is 0 Å². The van der Waals surface area contributed by atoms with Gasteiger partial charge in [0.2, 0.25) is 0 Å². The number of rotatable bonds is 6. The molecular formula is C15H18N4O2. The van der Waals surface area contributed by atoms with Gasteiger partial charge in [0, 0.05) is 19.8 Å². The Bertz CT molecular complexity index is 616. The van der Waals surface area contributed by atoms with Crippen molar-refractivity contribution in [3.8, 4) is 0 Å². The number of pyridine rings is 1. The molecule has 0 radical (unpaired) electrons. The summed E-state index contributed by atoms with van der Waals surface area (Å²) in [6.07, 6.45) is 1.72. The van der Waals surface area contributed by atoms with Crippen molar-refractivity contribution in [2.45, 2.75) is 13.5 Å². The predicted molar refractivity (Wildman–Crippen MR) is 83.6 cm³/mol. The first kappa shape index (κ1) is 14.8. The summed E-state index contributed by atoms with van der Waals surface area (Å²) < 4.78 is 0. The number of nitrogens with zero attached hydrogens (tertiary/aromatic N) is 3. The van der Waals surface area contributed by atoms with E-state index in [9.17, 15) is 10.1 Å².